The molecule has 0 unspecified atom stereocenters. The van der Waals surface area contributed by atoms with E-state index in [1.165, 1.54) is 4.90 Å². The lowest BCUT2D eigenvalue weighted by Gasteiger charge is -2.33. The first-order chi connectivity index (χ1) is 12.6. The zero-order chi connectivity index (χ0) is 18.3. The van der Waals surface area contributed by atoms with Crippen molar-refractivity contribution in [1.82, 2.24) is 14.7 Å². The molecule has 1 saturated heterocycles. The summed E-state index contributed by atoms with van der Waals surface area (Å²) in [6, 6.07) is 6.25. The average molecular weight is 355 g/mol. The monoisotopic (exact) mass is 355 g/mol. The van der Waals surface area contributed by atoms with Gasteiger partial charge in [-0.05, 0) is 31.2 Å². The Balaban J connectivity index is 1.63. The molecule has 136 valence electrons. The fourth-order valence-electron chi connectivity index (χ4n) is 4.49. The second-order valence-electron chi connectivity index (χ2n) is 7.20. The number of aliphatic carboxylic acids is 1. The zero-order valence-electron chi connectivity index (χ0n) is 14.4. The molecule has 0 spiro atoms. The highest BCUT2D eigenvalue weighted by Crippen LogP contribution is 2.39. The van der Waals surface area contributed by atoms with Crippen molar-refractivity contribution in [3.8, 4) is 0 Å². The van der Waals surface area contributed by atoms with Crippen molar-refractivity contribution in [3.05, 3.63) is 40.8 Å². The Morgan fingerprint density at radius 3 is 2.77 bits per heavy atom. The quantitative estimate of drug-likeness (QED) is 0.904. The third kappa shape index (κ3) is 2.77. The molecule has 1 aliphatic carbocycles. The maximum Gasteiger partial charge on any atom is 0.326 e. The molecule has 1 N–H and O–H groups in total. The first-order valence-corrected chi connectivity index (χ1v) is 9.05. The summed E-state index contributed by atoms with van der Waals surface area (Å²) in [5.74, 6) is -1.06. The summed E-state index contributed by atoms with van der Waals surface area (Å²) < 4.78 is 1.14. The molecule has 26 heavy (non-hydrogen) atoms. The maximum atomic E-state index is 12.9. The van der Waals surface area contributed by atoms with E-state index in [0.29, 0.717) is 11.8 Å². The van der Waals surface area contributed by atoms with Crippen LogP contribution in [0.15, 0.2) is 35.3 Å². The summed E-state index contributed by atoms with van der Waals surface area (Å²) in [5, 5.41) is 14.9. The molecule has 1 aromatic carbocycles. The van der Waals surface area contributed by atoms with Crippen LogP contribution in [-0.4, -0.2) is 43.7 Å². The number of likely N-dealkylation sites (tertiary alicyclic amines) is 1. The second kappa shape index (κ2) is 6.55. The number of carbonyl (C=O) groups is 2. The van der Waals surface area contributed by atoms with Crippen molar-refractivity contribution in [3.63, 3.8) is 0 Å². The van der Waals surface area contributed by atoms with E-state index in [2.05, 4.69) is 5.10 Å². The minimum Gasteiger partial charge on any atom is -0.480 e. The predicted molar refractivity (Wildman–Crippen MR) is 94.6 cm³/mol. The number of fused-ring (bicyclic) bond motifs is 2. The molecular weight excluding hydrogens is 334 g/mol. The van der Waals surface area contributed by atoms with E-state index in [4.69, 9.17) is 0 Å². The molecule has 2 fully saturated rings. The third-order valence-corrected chi connectivity index (χ3v) is 5.71. The van der Waals surface area contributed by atoms with Crippen LogP contribution in [-0.2, 0) is 16.1 Å². The van der Waals surface area contributed by atoms with Gasteiger partial charge in [0.25, 0.3) is 5.56 Å². The van der Waals surface area contributed by atoms with Gasteiger partial charge < -0.3 is 10.0 Å². The van der Waals surface area contributed by atoms with E-state index in [1.54, 1.807) is 24.4 Å². The Kier molecular flexibility index (Phi) is 4.22. The number of carboxylic acid groups (broad SMARTS) is 1. The standard InChI is InChI=1S/C19H21N3O4/c23-17(11-21-18(24)14-7-3-1-6-13(14)10-20-21)22-15-8-4-2-5-12(15)9-16(22)19(25)26/h1,3,6-7,10,12,15-16H,2,4-5,8-9,11H2,(H,25,26)/t12-,15+,16-/m0/s1. The lowest BCUT2D eigenvalue weighted by molar-refractivity contribution is -0.150. The van der Waals surface area contributed by atoms with E-state index in [9.17, 15) is 19.5 Å². The third-order valence-electron chi connectivity index (χ3n) is 5.71. The Labute approximate surface area is 150 Å². The number of hydrogen-bond donors (Lipinski definition) is 1. The van der Waals surface area contributed by atoms with Gasteiger partial charge in [-0.3, -0.25) is 9.59 Å². The summed E-state index contributed by atoms with van der Waals surface area (Å²) in [4.78, 5) is 38.7. The molecule has 0 bridgehead atoms. The highest BCUT2D eigenvalue weighted by atomic mass is 16.4. The molecule has 1 aromatic heterocycles. The van der Waals surface area contributed by atoms with Gasteiger partial charge in [0.2, 0.25) is 5.91 Å². The fourth-order valence-corrected chi connectivity index (χ4v) is 4.49. The Bertz CT molecular complexity index is 922. The van der Waals surface area contributed by atoms with Crippen LogP contribution >= 0.6 is 0 Å². The SMILES string of the molecule is O=C(O)[C@@H]1C[C@@H]2CCCC[C@H]2N1C(=O)Cn1ncc2ccccc2c1=O. The van der Waals surface area contributed by atoms with E-state index >= 15 is 0 Å². The largest absolute Gasteiger partial charge is 0.480 e. The smallest absolute Gasteiger partial charge is 0.326 e. The van der Waals surface area contributed by atoms with Crippen LogP contribution in [0, 0.1) is 5.92 Å². The average Bonchev–Trinajstić information content (AvgIpc) is 3.04. The van der Waals surface area contributed by atoms with Crippen LogP contribution in [0.2, 0.25) is 0 Å². The number of hydrogen-bond acceptors (Lipinski definition) is 4. The van der Waals surface area contributed by atoms with Crippen molar-refractivity contribution < 1.29 is 14.7 Å². The summed E-state index contributed by atoms with van der Waals surface area (Å²) in [7, 11) is 0. The molecule has 1 amide bonds. The van der Waals surface area contributed by atoms with Crippen molar-refractivity contribution in [2.45, 2.75) is 50.7 Å². The van der Waals surface area contributed by atoms with Crippen LogP contribution in [0.4, 0.5) is 0 Å². The molecule has 3 atom stereocenters. The summed E-state index contributed by atoms with van der Waals surface area (Å²) in [6.45, 7) is -0.226. The minimum absolute atomic E-state index is 0.0338. The molecule has 7 nitrogen and oxygen atoms in total. The number of rotatable bonds is 3. The lowest BCUT2D eigenvalue weighted by Crippen LogP contribution is -2.48. The number of carbonyl (C=O) groups excluding carboxylic acids is 1. The van der Waals surface area contributed by atoms with E-state index in [-0.39, 0.29) is 30.0 Å². The van der Waals surface area contributed by atoms with E-state index < -0.39 is 12.0 Å². The van der Waals surface area contributed by atoms with Gasteiger partial charge in [0.15, 0.2) is 0 Å². The van der Waals surface area contributed by atoms with Gasteiger partial charge in [0.1, 0.15) is 12.6 Å². The highest BCUT2D eigenvalue weighted by molar-refractivity contribution is 5.85. The van der Waals surface area contributed by atoms with Gasteiger partial charge in [-0.25, -0.2) is 9.48 Å². The molecule has 2 aromatic rings. The fraction of sp³-hybridized carbons (Fsp3) is 0.474. The number of carboxylic acids is 1. The first-order valence-electron chi connectivity index (χ1n) is 9.05. The molecular formula is C19H21N3O4. The molecule has 2 heterocycles. The molecule has 0 radical (unpaired) electrons. The summed E-state index contributed by atoms with van der Waals surface area (Å²) in [5.41, 5.74) is -0.331. The first kappa shape index (κ1) is 16.8. The Hall–Kier alpha value is -2.70. The lowest BCUT2D eigenvalue weighted by atomic mass is 9.85. The summed E-state index contributed by atoms with van der Waals surface area (Å²) >= 11 is 0. The van der Waals surface area contributed by atoms with Gasteiger partial charge in [-0.1, -0.05) is 31.0 Å². The van der Waals surface area contributed by atoms with Crippen LogP contribution < -0.4 is 5.56 Å². The van der Waals surface area contributed by atoms with Gasteiger partial charge in [0.05, 0.1) is 11.6 Å². The van der Waals surface area contributed by atoms with Gasteiger partial charge in [0, 0.05) is 11.4 Å². The normalized spacial score (nSPS) is 25.2. The molecule has 1 aliphatic heterocycles. The predicted octanol–water partition coefficient (Wildman–Crippen LogP) is 1.64. The van der Waals surface area contributed by atoms with E-state index in [1.807, 2.05) is 6.07 Å². The van der Waals surface area contributed by atoms with Crippen molar-refractivity contribution >= 4 is 22.6 Å². The molecule has 1 saturated carbocycles. The number of amides is 1. The van der Waals surface area contributed by atoms with Gasteiger partial charge >= 0.3 is 5.97 Å². The number of benzene rings is 1. The maximum absolute atomic E-state index is 12.9. The van der Waals surface area contributed by atoms with Crippen molar-refractivity contribution in [2.75, 3.05) is 0 Å². The van der Waals surface area contributed by atoms with Crippen LogP contribution in [0.3, 0.4) is 0 Å². The van der Waals surface area contributed by atoms with Crippen LogP contribution in [0.5, 0.6) is 0 Å². The van der Waals surface area contributed by atoms with Gasteiger partial charge in [-0.2, -0.15) is 5.10 Å². The summed E-state index contributed by atoms with van der Waals surface area (Å²) in [6.07, 6.45) is 5.96. The van der Waals surface area contributed by atoms with Crippen molar-refractivity contribution in [1.29, 1.82) is 0 Å². The van der Waals surface area contributed by atoms with Crippen LogP contribution in [0.25, 0.3) is 10.8 Å². The van der Waals surface area contributed by atoms with E-state index in [0.717, 1.165) is 35.8 Å². The molecule has 7 heteroatoms. The number of nitrogens with zero attached hydrogens (tertiary/aromatic N) is 3. The van der Waals surface area contributed by atoms with Gasteiger partial charge in [-0.15, -0.1) is 0 Å². The molecule has 2 aliphatic rings. The second-order valence-corrected chi connectivity index (χ2v) is 7.20. The topological polar surface area (TPSA) is 92.5 Å². The number of aromatic nitrogens is 2. The Morgan fingerprint density at radius 2 is 1.96 bits per heavy atom. The minimum atomic E-state index is -0.966. The molecule has 4 rings (SSSR count). The highest BCUT2D eigenvalue weighted by Gasteiger charge is 2.47. The Morgan fingerprint density at radius 1 is 1.19 bits per heavy atom. The van der Waals surface area contributed by atoms with Crippen molar-refractivity contribution in [2.24, 2.45) is 5.92 Å². The van der Waals surface area contributed by atoms with Crippen LogP contribution in [0.1, 0.15) is 32.1 Å². The zero-order valence-corrected chi connectivity index (χ0v) is 14.4.